The number of aliphatic hydroxyl groups excluding tert-OH is 1. The molecule has 1 aromatic carbocycles. The van der Waals surface area contributed by atoms with Crippen LogP contribution in [0.15, 0.2) is 24.3 Å². The van der Waals surface area contributed by atoms with Gasteiger partial charge in [-0.1, -0.05) is 28.1 Å². The van der Waals surface area contributed by atoms with Gasteiger partial charge in [0.1, 0.15) is 0 Å². The summed E-state index contributed by atoms with van der Waals surface area (Å²) in [6, 6.07) is 7.45. The number of hydrogen-bond acceptors (Lipinski definition) is 2. The first-order valence-electron chi connectivity index (χ1n) is 4.70. The Balaban J connectivity index is 2.81. The average Bonchev–Trinajstić information content (AvgIpc) is 2.28. The van der Waals surface area contributed by atoms with Crippen LogP contribution >= 0.6 is 15.9 Å². The van der Waals surface area contributed by atoms with Gasteiger partial charge in [0, 0.05) is 24.5 Å². The van der Waals surface area contributed by atoms with Crippen LogP contribution in [0.3, 0.4) is 0 Å². The van der Waals surface area contributed by atoms with Crippen molar-refractivity contribution < 1.29 is 9.90 Å². The molecule has 4 heteroatoms. The molecule has 1 aromatic rings. The second-order valence-corrected chi connectivity index (χ2v) is 3.85. The molecular formula is C11H14BrNO2. The lowest BCUT2D eigenvalue weighted by molar-refractivity contribution is 0.0767. The number of alkyl halides is 1. The quantitative estimate of drug-likeness (QED) is 0.846. The third-order valence-corrected chi connectivity index (χ3v) is 2.76. The van der Waals surface area contributed by atoms with Crippen molar-refractivity contribution in [2.24, 2.45) is 0 Å². The van der Waals surface area contributed by atoms with Crippen molar-refractivity contribution in [2.75, 3.05) is 20.2 Å². The van der Waals surface area contributed by atoms with E-state index >= 15 is 0 Å². The summed E-state index contributed by atoms with van der Waals surface area (Å²) in [5.41, 5.74) is 1.72. The number of hydrogen-bond donors (Lipinski definition) is 1. The van der Waals surface area contributed by atoms with Crippen molar-refractivity contribution in [3.05, 3.63) is 35.4 Å². The van der Waals surface area contributed by atoms with Crippen molar-refractivity contribution in [2.45, 2.75) is 5.33 Å². The molecule has 82 valence electrons. The van der Waals surface area contributed by atoms with Crippen LogP contribution < -0.4 is 0 Å². The third-order valence-electron chi connectivity index (χ3n) is 2.11. The molecule has 0 unspecified atom stereocenters. The standard InChI is InChI=1S/C11H14BrNO2/c1-13(5-6-14)11(15)10-4-2-3-9(7-10)8-12/h2-4,7,14H,5-6,8H2,1H3. The largest absolute Gasteiger partial charge is 0.395 e. The van der Waals surface area contributed by atoms with E-state index in [2.05, 4.69) is 15.9 Å². The summed E-state index contributed by atoms with van der Waals surface area (Å²) in [4.78, 5) is 13.3. The molecule has 0 radical (unpaired) electrons. The van der Waals surface area contributed by atoms with Crippen LogP contribution in [0.25, 0.3) is 0 Å². The number of likely N-dealkylation sites (N-methyl/N-ethyl adjacent to an activating group) is 1. The van der Waals surface area contributed by atoms with E-state index in [-0.39, 0.29) is 12.5 Å². The number of aliphatic hydroxyl groups is 1. The second-order valence-electron chi connectivity index (χ2n) is 3.28. The van der Waals surface area contributed by atoms with E-state index < -0.39 is 0 Å². The number of carbonyl (C=O) groups excluding carboxylic acids is 1. The Morgan fingerprint density at radius 2 is 2.27 bits per heavy atom. The number of rotatable bonds is 4. The summed E-state index contributed by atoms with van der Waals surface area (Å²) in [5.74, 6) is -0.0631. The van der Waals surface area contributed by atoms with Crippen LogP contribution in [0.1, 0.15) is 15.9 Å². The molecule has 0 aromatic heterocycles. The first-order chi connectivity index (χ1) is 7.19. The Morgan fingerprint density at radius 1 is 1.53 bits per heavy atom. The molecule has 0 heterocycles. The number of nitrogens with zero attached hydrogens (tertiary/aromatic N) is 1. The molecule has 0 aliphatic carbocycles. The zero-order valence-electron chi connectivity index (χ0n) is 8.61. The van der Waals surface area contributed by atoms with Crippen molar-refractivity contribution in [1.82, 2.24) is 4.90 Å². The second kappa shape index (κ2) is 5.88. The lowest BCUT2D eigenvalue weighted by Gasteiger charge is -2.15. The van der Waals surface area contributed by atoms with Gasteiger partial charge in [-0.15, -0.1) is 0 Å². The maximum absolute atomic E-state index is 11.8. The minimum Gasteiger partial charge on any atom is -0.395 e. The molecular weight excluding hydrogens is 258 g/mol. The Kier molecular flexibility index (Phi) is 4.78. The minimum absolute atomic E-state index is 0.0135. The number of benzene rings is 1. The third kappa shape index (κ3) is 3.32. The summed E-state index contributed by atoms with van der Waals surface area (Å²) in [6.07, 6.45) is 0. The fourth-order valence-corrected chi connectivity index (χ4v) is 1.61. The highest BCUT2D eigenvalue weighted by Crippen LogP contribution is 2.10. The molecule has 0 saturated carbocycles. The summed E-state index contributed by atoms with van der Waals surface area (Å²) in [6.45, 7) is 0.345. The molecule has 0 fully saturated rings. The van der Waals surface area contributed by atoms with Crippen LogP contribution in [-0.4, -0.2) is 36.1 Å². The summed E-state index contributed by atoms with van der Waals surface area (Å²) < 4.78 is 0. The van der Waals surface area contributed by atoms with Crippen LogP contribution in [-0.2, 0) is 5.33 Å². The van der Waals surface area contributed by atoms with E-state index in [1.54, 1.807) is 13.1 Å². The maximum atomic E-state index is 11.8. The SMILES string of the molecule is CN(CCO)C(=O)c1cccc(CBr)c1. The smallest absolute Gasteiger partial charge is 0.253 e. The molecule has 0 saturated heterocycles. The van der Waals surface area contributed by atoms with E-state index in [4.69, 9.17) is 5.11 Å². The van der Waals surface area contributed by atoms with Gasteiger partial charge in [-0.25, -0.2) is 0 Å². The van der Waals surface area contributed by atoms with Gasteiger partial charge >= 0.3 is 0 Å². The molecule has 1 N–H and O–H groups in total. The molecule has 15 heavy (non-hydrogen) atoms. The topological polar surface area (TPSA) is 40.5 Å². The molecule has 0 atom stereocenters. The summed E-state index contributed by atoms with van der Waals surface area (Å²) in [5, 5.41) is 9.47. The van der Waals surface area contributed by atoms with Crippen LogP contribution in [0.4, 0.5) is 0 Å². The normalized spacial score (nSPS) is 10.1. The summed E-state index contributed by atoms with van der Waals surface area (Å²) in [7, 11) is 1.68. The van der Waals surface area contributed by atoms with Gasteiger partial charge in [0.15, 0.2) is 0 Å². The Morgan fingerprint density at radius 3 is 2.87 bits per heavy atom. The molecule has 1 amide bonds. The molecule has 0 aliphatic heterocycles. The van der Waals surface area contributed by atoms with Crippen molar-refractivity contribution >= 4 is 21.8 Å². The van der Waals surface area contributed by atoms with E-state index in [1.807, 2.05) is 18.2 Å². The van der Waals surface area contributed by atoms with E-state index in [9.17, 15) is 4.79 Å². The number of halogens is 1. The van der Waals surface area contributed by atoms with E-state index in [0.29, 0.717) is 12.1 Å². The van der Waals surface area contributed by atoms with Gasteiger partial charge in [-0.2, -0.15) is 0 Å². The fraction of sp³-hybridized carbons (Fsp3) is 0.364. The van der Waals surface area contributed by atoms with Crippen molar-refractivity contribution in [3.8, 4) is 0 Å². The highest BCUT2D eigenvalue weighted by molar-refractivity contribution is 9.08. The van der Waals surface area contributed by atoms with Crippen LogP contribution in [0, 0.1) is 0 Å². The molecule has 0 aliphatic rings. The predicted octanol–water partition coefficient (Wildman–Crippen LogP) is 1.65. The Bertz CT molecular complexity index is 341. The first-order valence-corrected chi connectivity index (χ1v) is 5.82. The highest BCUT2D eigenvalue weighted by atomic mass is 79.9. The lowest BCUT2D eigenvalue weighted by Crippen LogP contribution is -2.29. The predicted molar refractivity (Wildman–Crippen MR) is 63.1 cm³/mol. The van der Waals surface area contributed by atoms with Crippen LogP contribution in [0.2, 0.25) is 0 Å². The number of amides is 1. The monoisotopic (exact) mass is 271 g/mol. The van der Waals surface area contributed by atoms with E-state index in [0.717, 1.165) is 10.9 Å². The fourth-order valence-electron chi connectivity index (χ4n) is 1.26. The van der Waals surface area contributed by atoms with Gasteiger partial charge in [0.2, 0.25) is 0 Å². The number of carbonyl (C=O) groups is 1. The van der Waals surface area contributed by atoms with Gasteiger partial charge in [-0.3, -0.25) is 4.79 Å². The first kappa shape index (κ1) is 12.2. The zero-order chi connectivity index (χ0) is 11.3. The minimum atomic E-state index is -0.0631. The molecule has 1 rings (SSSR count). The molecule has 0 spiro atoms. The lowest BCUT2D eigenvalue weighted by atomic mass is 10.1. The highest BCUT2D eigenvalue weighted by Gasteiger charge is 2.10. The van der Waals surface area contributed by atoms with Crippen molar-refractivity contribution in [1.29, 1.82) is 0 Å². The van der Waals surface area contributed by atoms with Gasteiger partial charge in [0.25, 0.3) is 5.91 Å². The van der Waals surface area contributed by atoms with Gasteiger partial charge < -0.3 is 10.0 Å². The Hall–Kier alpha value is -0.870. The van der Waals surface area contributed by atoms with Gasteiger partial charge in [0.05, 0.1) is 6.61 Å². The van der Waals surface area contributed by atoms with E-state index in [1.165, 1.54) is 4.90 Å². The Labute approximate surface area is 97.8 Å². The maximum Gasteiger partial charge on any atom is 0.253 e. The molecule has 0 bridgehead atoms. The average molecular weight is 272 g/mol. The summed E-state index contributed by atoms with van der Waals surface area (Å²) >= 11 is 3.34. The van der Waals surface area contributed by atoms with Crippen molar-refractivity contribution in [3.63, 3.8) is 0 Å². The molecule has 3 nitrogen and oxygen atoms in total. The zero-order valence-corrected chi connectivity index (χ0v) is 10.2. The van der Waals surface area contributed by atoms with Crippen LogP contribution in [0.5, 0.6) is 0 Å². The van der Waals surface area contributed by atoms with Gasteiger partial charge in [-0.05, 0) is 17.7 Å².